The van der Waals surface area contributed by atoms with E-state index in [9.17, 15) is 14.4 Å². The van der Waals surface area contributed by atoms with Gasteiger partial charge in [-0.2, -0.15) is 0 Å². The molecule has 21 heavy (non-hydrogen) atoms. The normalized spacial score (nSPS) is 27.4. The van der Waals surface area contributed by atoms with Crippen LogP contribution in [0.4, 0.5) is 0 Å². The molecule has 1 amide bonds. The van der Waals surface area contributed by atoms with Crippen molar-refractivity contribution in [3.63, 3.8) is 0 Å². The molecular weight excluding hydrogens is 266 g/mol. The van der Waals surface area contributed by atoms with Crippen molar-refractivity contribution in [3.05, 3.63) is 0 Å². The molecule has 2 fully saturated rings. The van der Waals surface area contributed by atoms with Gasteiger partial charge in [-0.1, -0.05) is 0 Å². The zero-order chi connectivity index (χ0) is 15.4. The monoisotopic (exact) mass is 293 g/mol. The fourth-order valence-electron chi connectivity index (χ4n) is 3.68. The van der Waals surface area contributed by atoms with Crippen molar-refractivity contribution in [1.82, 2.24) is 4.90 Å². The molecule has 0 bridgehead atoms. The molecule has 0 unspecified atom stereocenters. The maximum absolute atomic E-state index is 12.3. The molecule has 0 aromatic heterocycles. The molecule has 0 spiro atoms. The standard InChI is InChI=1S/C17H27NO3/c1-12(19)15-5-3-14(4-6-15)11-17(21)18-9-7-16(8-10-18)13(2)20/h14-16H,3-11H2,1-2H3/t14-,15-. The highest BCUT2D eigenvalue weighted by atomic mass is 16.2. The summed E-state index contributed by atoms with van der Waals surface area (Å²) in [6, 6.07) is 0. The lowest BCUT2D eigenvalue weighted by atomic mass is 9.79. The van der Waals surface area contributed by atoms with Gasteiger partial charge in [0.05, 0.1) is 0 Å². The van der Waals surface area contributed by atoms with Crippen molar-refractivity contribution >= 4 is 17.5 Å². The van der Waals surface area contributed by atoms with Crippen molar-refractivity contribution in [3.8, 4) is 0 Å². The predicted octanol–water partition coefficient (Wildman–Crippen LogP) is 2.60. The SMILES string of the molecule is CC(=O)C1CCN(C(=O)C[C@H]2CC[C@H](C(C)=O)CC2)CC1. The topological polar surface area (TPSA) is 54.5 Å². The summed E-state index contributed by atoms with van der Waals surface area (Å²) in [6.07, 6.45) is 6.14. The fourth-order valence-corrected chi connectivity index (χ4v) is 3.68. The number of hydrogen-bond donors (Lipinski definition) is 0. The predicted molar refractivity (Wildman–Crippen MR) is 80.7 cm³/mol. The zero-order valence-corrected chi connectivity index (χ0v) is 13.3. The second kappa shape index (κ2) is 7.19. The second-order valence-electron chi connectivity index (χ2n) is 6.80. The minimum absolute atomic E-state index is 0.153. The minimum Gasteiger partial charge on any atom is -0.343 e. The number of carbonyl (C=O) groups excluding carboxylic acids is 3. The van der Waals surface area contributed by atoms with Gasteiger partial charge in [0.25, 0.3) is 0 Å². The molecule has 2 aliphatic rings. The van der Waals surface area contributed by atoms with E-state index in [1.165, 1.54) is 0 Å². The maximum atomic E-state index is 12.3. The molecule has 1 aliphatic carbocycles. The van der Waals surface area contributed by atoms with Crippen molar-refractivity contribution < 1.29 is 14.4 Å². The van der Waals surface area contributed by atoms with Crippen LogP contribution in [0.25, 0.3) is 0 Å². The summed E-state index contributed by atoms with van der Waals surface area (Å²) < 4.78 is 0. The first kappa shape index (κ1) is 16.2. The van der Waals surface area contributed by atoms with Crippen molar-refractivity contribution in [2.75, 3.05) is 13.1 Å². The summed E-state index contributed by atoms with van der Waals surface area (Å²) in [6.45, 7) is 4.78. The van der Waals surface area contributed by atoms with Crippen LogP contribution in [0, 0.1) is 17.8 Å². The maximum Gasteiger partial charge on any atom is 0.222 e. The number of Topliss-reactive ketones (excluding diaryl/α,β-unsaturated/α-hetero) is 2. The van der Waals surface area contributed by atoms with E-state index in [2.05, 4.69) is 0 Å². The second-order valence-corrected chi connectivity index (χ2v) is 6.80. The van der Waals surface area contributed by atoms with Crippen LogP contribution in [0.5, 0.6) is 0 Å². The molecule has 1 saturated heterocycles. The molecular formula is C17H27NO3. The van der Waals surface area contributed by atoms with Gasteiger partial charge in [-0.05, 0) is 58.3 Å². The summed E-state index contributed by atoms with van der Waals surface area (Å²) in [7, 11) is 0. The van der Waals surface area contributed by atoms with E-state index < -0.39 is 0 Å². The zero-order valence-electron chi connectivity index (χ0n) is 13.3. The summed E-state index contributed by atoms with van der Waals surface area (Å²) in [5.41, 5.74) is 0. The summed E-state index contributed by atoms with van der Waals surface area (Å²) in [4.78, 5) is 37.0. The van der Waals surface area contributed by atoms with Crippen LogP contribution in [0.3, 0.4) is 0 Å². The number of hydrogen-bond acceptors (Lipinski definition) is 3. The molecule has 0 atom stereocenters. The molecule has 2 rings (SSSR count). The number of rotatable bonds is 4. The van der Waals surface area contributed by atoms with Crippen LogP contribution >= 0.6 is 0 Å². The molecule has 0 N–H and O–H groups in total. The van der Waals surface area contributed by atoms with E-state index in [0.717, 1.165) is 51.6 Å². The van der Waals surface area contributed by atoms with E-state index in [1.54, 1.807) is 13.8 Å². The van der Waals surface area contributed by atoms with Gasteiger partial charge < -0.3 is 4.90 Å². The van der Waals surface area contributed by atoms with Gasteiger partial charge in [0.1, 0.15) is 11.6 Å². The molecule has 0 radical (unpaired) electrons. The first-order valence-corrected chi connectivity index (χ1v) is 8.26. The lowest BCUT2D eigenvalue weighted by molar-refractivity contribution is -0.135. The summed E-state index contributed by atoms with van der Waals surface area (Å²) in [5.74, 6) is 1.61. The summed E-state index contributed by atoms with van der Waals surface area (Å²) >= 11 is 0. The van der Waals surface area contributed by atoms with Gasteiger partial charge in [-0.3, -0.25) is 14.4 Å². The molecule has 1 heterocycles. The Morgan fingerprint density at radius 3 is 1.76 bits per heavy atom. The molecule has 1 saturated carbocycles. The smallest absolute Gasteiger partial charge is 0.222 e. The molecule has 4 nitrogen and oxygen atoms in total. The molecule has 4 heteroatoms. The molecule has 0 aromatic carbocycles. The van der Waals surface area contributed by atoms with Gasteiger partial charge in [0.15, 0.2) is 0 Å². The number of likely N-dealkylation sites (tertiary alicyclic amines) is 1. The summed E-state index contributed by atoms with van der Waals surface area (Å²) in [5, 5.41) is 0. The number of nitrogens with zero attached hydrogens (tertiary/aromatic N) is 1. The van der Waals surface area contributed by atoms with Crippen LogP contribution in [-0.4, -0.2) is 35.5 Å². The number of piperidine rings is 1. The Morgan fingerprint density at radius 2 is 1.29 bits per heavy atom. The van der Waals surface area contributed by atoms with Crippen LogP contribution in [0.15, 0.2) is 0 Å². The lowest BCUT2D eigenvalue weighted by Crippen LogP contribution is -2.40. The van der Waals surface area contributed by atoms with Gasteiger partial charge >= 0.3 is 0 Å². The van der Waals surface area contributed by atoms with Gasteiger partial charge in [-0.25, -0.2) is 0 Å². The van der Waals surface area contributed by atoms with Crippen LogP contribution < -0.4 is 0 Å². The largest absolute Gasteiger partial charge is 0.343 e. The minimum atomic E-state index is 0.153. The van der Waals surface area contributed by atoms with Crippen molar-refractivity contribution in [2.45, 2.75) is 58.8 Å². The van der Waals surface area contributed by atoms with Crippen molar-refractivity contribution in [1.29, 1.82) is 0 Å². The van der Waals surface area contributed by atoms with E-state index in [0.29, 0.717) is 18.1 Å². The highest BCUT2D eigenvalue weighted by molar-refractivity contribution is 5.80. The van der Waals surface area contributed by atoms with Gasteiger partial charge in [-0.15, -0.1) is 0 Å². The molecule has 0 aromatic rings. The van der Waals surface area contributed by atoms with Crippen LogP contribution in [-0.2, 0) is 14.4 Å². The average Bonchev–Trinajstić information content (AvgIpc) is 2.47. The van der Waals surface area contributed by atoms with Gasteiger partial charge in [0.2, 0.25) is 5.91 Å². The van der Waals surface area contributed by atoms with E-state index >= 15 is 0 Å². The number of amides is 1. The average molecular weight is 293 g/mol. The Bertz CT molecular complexity index is 402. The first-order chi connectivity index (χ1) is 9.97. The Balaban J connectivity index is 1.73. The van der Waals surface area contributed by atoms with E-state index in [-0.39, 0.29) is 23.5 Å². The third-order valence-electron chi connectivity index (χ3n) is 5.31. The third kappa shape index (κ3) is 4.39. The van der Waals surface area contributed by atoms with Crippen LogP contribution in [0.2, 0.25) is 0 Å². The van der Waals surface area contributed by atoms with E-state index in [4.69, 9.17) is 0 Å². The van der Waals surface area contributed by atoms with Crippen LogP contribution in [0.1, 0.15) is 58.8 Å². The highest BCUT2D eigenvalue weighted by Crippen LogP contribution is 2.32. The Hall–Kier alpha value is -1.19. The molecule has 1 aliphatic heterocycles. The number of carbonyl (C=O) groups is 3. The fraction of sp³-hybridized carbons (Fsp3) is 0.824. The molecule has 118 valence electrons. The Labute approximate surface area is 127 Å². The first-order valence-electron chi connectivity index (χ1n) is 8.26. The van der Waals surface area contributed by atoms with Crippen molar-refractivity contribution in [2.24, 2.45) is 17.8 Å². The van der Waals surface area contributed by atoms with E-state index in [1.807, 2.05) is 4.90 Å². The Kier molecular flexibility index (Phi) is 5.54. The van der Waals surface area contributed by atoms with Gasteiger partial charge in [0, 0.05) is 31.3 Å². The Morgan fingerprint density at radius 1 is 0.810 bits per heavy atom. The highest BCUT2D eigenvalue weighted by Gasteiger charge is 2.29. The number of ketones is 2. The lowest BCUT2D eigenvalue weighted by Gasteiger charge is -2.33. The quantitative estimate of drug-likeness (QED) is 0.800. The third-order valence-corrected chi connectivity index (χ3v) is 5.31.